The molecule has 2 amide bonds. The van der Waals surface area contributed by atoms with E-state index < -0.39 is 5.82 Å². The molecule has 1 heterocycles. The number of benzene rings is 2. The van der Waals surface area contributed by atoms with Gasteiger partial charge in [-0.1, -0.05) is 46.2 Å². The van der Waals surface area contributed by atoms with E-state index in [0.29, 0.717) is 17.9 Å². The normalized spacial score (nSPS) is 11.4. The maximum atomic E-state index is 13.3. The zero-order chi connectivity index (χ0) is 24.9. The number of nitrogens with one attached hydrogen (secondary N) is 1. The van der Waals surface area contributed by atoms with Gasteiger partial charge in [-0.05, 0) is 55.3 Å². The third kappa shape index (κ3) is 6.31. The second-order valence-corrected chi connectivity index (χ2v) is 9.55. The van der Waals surface area contributed by atoms with Crippen LogP contribution in [0.5, 0.6) is 0 Å². The summed E-state index contributed by atoms with van der Waals surface area (Å²) in [4.78, 5) is 27.6. The van der Waals surface area contributed by atoms with Crippen LogP contribution in [0.4, 0.5) is 10.2 Å². The van der Waals surface area contributed by atoms with Crippen molar-refractivity contribution in [2.45, 2.75) is 52.9 Å². The van der Waals surface area contributed by atoms with Gasteiger partial charge in [-0.25, -0.2) is 9.07 Å². The summed E-state index contributed by atoms with van der Waals surface area (Å²) in [6.45, 7) is 10.5. The first-order valence-corrected chi connectivity index (χ1v) is 11.6. The maximum Gasteiger partial charge on any atom is 0.254 e. The highest BCUT2D eigenvalue weighted by molar-refractivity contribution is 5.99. The van der Waals surface area contributed by atoms with Gasteiger partial charge in [0.1, 0.15) is 18.2 Å². The van der Waals surface area contributed by atoms with Crippen LogP contribution in [0.2, 0.25) is 0 Å². The van der Waals surface area contributed by atoms with Gasteiger partial charge in [0.15, 0.2) is 0 Å². The molecule has 0 atom stereocenters. The van der Waals surface area contributed by atoms with Gasteiger partial charge in [-0.15, -0.1) is 0 Å². The molecule has 7 heteroatoms. The van der Waals surface area contributed by atoms with E-state index in [2.05, 4.69) is 26.1 Å². The van der Waals surface area contributed by atoms with Gasteiger partial charge in [0.25, 0.3) is 5.91 Å². The molecule has 0 aliphatic rings. The highest BCUT2D eigenvalue weighted by Gasteiger charge is 2.23. The number of rotatable bonds is 8. The van der Waals surface area contributed by atoms with E-state index in [1.165, 1.54) is 29.2 Å². The maximum absolute atomic E-state index is 13.3. The number of unbranched alkanes of at least 4 members (excludes halogenated alkanes) is 1. The van der Waals surface area contributed by atoms with Crippen molar-refractivity contribution in [1.82, 2.24) is 14.7 Å². The molecule has 3 aromatic rings. The summed E-state index contributed by atoms with van der Waals surface area (Å²) in [6, 6.07) is 15.1. The number of aryl methyl sites for hydroxylation is 1. The lowest BCUT2D eigenvalue weighted by atomic mass is 9.92. The van der Waals surface area contributed by atoms with E-state index in [1.807, 2.05) is 44.2 Å². The number of anilines is 1. The Hall–Kier alpha value is -3.48. The molecule has 0 radical (unpaired) electrons. The molecule has 34 heavy (non-hydrogen) atoms. The number of amides is 2. The fraction of sp³-hybridized carbons (Fsp3) is 0.370. The van der Waals surface area contributed by atoms with Crippen LogP contribution in [0.3, 0.4) is 0 Å². The molecule has 1 aromatic heterocycles. The van der Waals surface area contributed by atoms with Gasteiger partial charge in [0.05, 0.1) is 11.4 Å². The lowest BCUT2D eigenvalue weighted by molar-refractivity contribution is -0.117. The zero-order valence-electron chi connectivity index (χ0n) is 20.6. The predicted molar refractivity (Wildman–Crippen MR) is 133 cm³/mol. The van der Waals surface area contributed by atoms with Gasteiger partial charge >= 0.3 is 0 Å². The monoisotopic (exact) mass is 464 g/mol. The van der Waals surface area contributed by atoms with Crippen LogP contribution in [0.1, 0.15) is 62.2 Å². The van der Waals surface area contributed by atoms with E-state index in [0.717, 1.165) is 29.8 Å². The largest absolute Gasteiger partial charge is 0.329 e. The third-order valence-electron chi connectivity index (χ3n) is 5.49. The van der Waals surface area contributed by atoms with Crippen LogP contribution in [-0.2, 0) is 10.2 Å². The Bertz CT molecular complexity index is 1150. The summed E-state index contributed by atoms with van der Waals surface area (Å²) in [5, 5.41) is 7.70. The molecule has 3 rings (SSSR count). The van der Waals surface area contributed by atoms with Gasteiger partial charge in [-0.3, -0.25) is 9.59 Å². The van der Waals surface area contributed by atoms with Crippen molar-refractivity contribution >= 4 is 17.6 Å². The number of carbonyl (C=O) groups excluding carboxylic acids is 2. The van der Waals surface area contributed by atoms with E-state index in [1.54, 1.807) is 4.68 Å². The van der Waals surface area contributed by atoms with Gasteiger partial charge in [0, 0.05) is 23.6 Å². The van der Waals surface area contributed by atoms with Crippen LogP contribution in [0, 0.1) is 12.7 Å². The van der Waals surface area contributed by atoms with Crippen molar-refractivity contribution < 1.29 is 14.0 Å². The molecule has 0 aliphatic heterocycles. The van der Waals surface area contributed by atoms with Crippen molar-refractivity contribution in [2.75, 3.05) is 18.4 Å². The quantitative estimate of drug-likeness (QED) is 0.479. The molecular formula is C27H33FN4O2. The van der Waals surface area contributed by atoms with Gasteiger partial charge in [-0.2, -0.15) is 5.10 Å². The van der Waals surface area contributed by atoms with E-state index in [4.69, 9.17) is 5.10 Å². The Balaban J connectivity index is 1.85. The first-order valence-electron chi connectivity index (χ1n) is 11.6. The molecule has 2 aromatic carbocycles. The number of halogens is 1. The average Bonchev–Trinajstić information content (AvgIpc) is 3.21. The molecule has 0 unspecified atom stereocenters. The highest BCUT2D eigenvalue weighted by Crippen LogP contribution is 2.26. The second-order valence-electron chi connectivity index (χ2n) is 9.55. The fourth-order valence-electron chi connectivity index (χ4n) is 3.53. The second kappa shape index (κ2) is 10.6. The summed E-state index contributed by atoms with van der Waals surface area (Å²) in [5.74, 6) is -0.481. The first-order chi connectivity index (χ1) is 16.1. The van der Waals surface area contributed by atoms with Crippen LogP contribution < -0.4 is 5.32 Å². The molecule has 1 N–H and O–H groups in total. The first kappa shape index (κ1) is 25.1. The molecule has 180 valence electrons. The Morgan fingerprint density at radius 3 is 2.41 bits per heavy atom. The van der Waals surface area contributed by atoms with Crippen LogP contribution in [0.15, 0.2) is 54.6 Å². The number of carbonyl (C=O) groups is 2. The average molecular weight is 465 g/mol. The van der Waals surface area contributed by atoms with E-state index >= 15 is 0 Å². The van der Waals surface area contributed by atoms with Crippen LogP contribution in [-0.4, -0.2) is 39.6 Å². The van der Waals surface area contributed by atoms with Crippen LogP contribution in [0.25, 0.3) is 5.69 Å². The summed E-state index contributed by atoms with van der Waals surface area (Å²) >= 11 is 0. The summed E-state index contributed by atoms with van der Waals surface area (Å²) in [6.07, 6.45) is 1.64. The standard InChI is InChI=1S/C27H33FN4O2/c1-6-7-15-31(26(34)20-11-13-21(28)14-12-20)18-25(33)29-24-17-23(27(3,4)5)30-32(24)22-10-8-9-19(2)16-22/h8-14,16-17H,6-7,15,18H2,1-5H3,(H,29,33). The zero-order valence-corrected chi connectivity index (χ0v) is 20.6. The molecule has 0 fully saturated rings. The van der Waals surface area contributed by atoms with Crippen molar-refractivity contribution in [2.24, 2.45) is 0 Å². The van der Waals surface area contributed by atoms with Crippen LogP contribution >= 0.6 is 0 Å². The Morgan fingerprint density at radius 1 is 1.09 bits per heavy atom. The van der Waals surface area contributed by atoms with Crippen molar-refractivity contribution in [3.63, 3.8) is 0 Å². The number of nitrogens with zero attached hydrogens (tertiary/aromatic N) is 3. The van der Waals surface area contributed by atoms with E-state index in [-0.39, 0.29) is 23.8 Å². The number of aromatic nitrogens is 2. The SMILES string of the molecule is CCCCN(CC(=O)Nc1cc(C(C)(C)C)nn1-c1cccc(C)c1)C(=O)c1ccc(F)cc1. The third-order valence-corrected chi connectivity index (χ3v) is 5.49. The van der Waals surface area contributed by atoms with Gasteiger partial charge in [0.2, 0.25) is 5.91 Å². The lowest BCUT2D eigenvalue weighted by Gasteiger charge is -2.22. The molecule has 0 saturated carbocycles. The minimum Gasteiger partial charge on any atom is -0.329 e. The van der Waals surface area contributed by atoms with Crippen molar-refractivity contribution in [3.8, 4) is 5.69 Å². The Kier molecular flexibility index (Phi) is 7.87. The Labute approximate surface area is 200 Å². The van der Waals surface area contributed by atoms with Gasteiger partial charge < -0.3 is 10.2 Å². The molecule has 0 aliphatic carbocycles. The molecule has 0 saturated heterocycles. The fourth-order valence-corrected chi connectivity index (χ4v) is 3.53. The number of hydrogen-bond donors (Lipinski definition) is 1. The molecule has 0 bridgehead atoms. The highest BCUT2D eigenvalue weighted by atomic mass is 19.1. The predicted octanol–water partition coefficient (Wildman–Crippen LogP) is 5.50. The number of hydrogen-bond acceptors (Lipinski definition) is 3. The summed E-state index contributed by atoms with van der Waals surface area (Å²) in [5.41, 5.74) is 2.91. The topological polar surface area (TPSA) is 67.2 Å². The van der Waals surface area contributed by atoms with E-state index in [9.17, 15) is 14.0 Å². The lowest BCUT2D eigenvalue weighted by Crippen LogP contribution is -2.39. The smallest absolute Gasteiger partial charge is 0.254 e. The minimum absolute atomic E-state index is 0.111. The van der Waals surface area contributed by atoms with Crippen molar-refractivity contribution in [3.05, 3.63) is 77.2 Å². The summed E-state index contributed by atoms with van der Waals surface area (Å²) in [7, 11) is 0. The molecular weight excluding hydrogens is 431 g/mol. The Morgan fingerprint density at radius 2 is 1.79 bits per heavy atom. The molecule has 6 nitrogen and oxygen atoms in total. The van der Waals surface area contributed by atoms with Crippen molar-refractivity contribution in [1.29, 1.82) is 0 Å². The minimum atomic E-state index is -0.409. The summed E-state index contributed by atoms with van der Waals surface area (Å²) < 4.78 is 15.0. The molecule has 0 spiro atoms.